The van der Waals surface area contributed by atoms with Crippen molar-refractivity contribution >= 4 is 5.91 Å². The zero-order valence-corrected chi connectivity index (χ0v) is 15.0. The maximum absolute atomic E-state index is 12.5. The topological polar surface area (TPSA) is 40.5 Å². The summed E-state index contributed by atoms with van der Waals surface area (Å²) >= 11 is 0. The first-order valence-corrected chi connectivity index (χ1v) is 9.10. The van der Waals surface area contributed by atoms with Gasteiger partial charge in [-0.25, -0.2) is 0 Å². The molecule has 0 unspecified atom stereocenters. The van der Waals surface area contributed by atoms with Gasteiger partial charge in [-0.05, 0) is 37.7 Å². The number of nitrogens with one attached hydrogen (secondary N) is 1. The van der Waals surface area contributed by atoms with Crippen molar-refractivity contribution in [1.29, 1.82) is 0 Å². The van der Waals surface area contributed by atoms with Gasteiger partial charge in [0.15, 0.2) is 0 Å². The van der Waals surface area contributed by atoms with Crippen LogP contribution in [0.2, 0.25) is 0 Å². The molecule has 0 saturated carbocycles. The van der Waals surface area contributed by atoms with Crippen LogP contribution in [-0.2, 0) is 6.54 Å². The molecule has 25 heavy (non-hydrogen) atoms. The average Bonchev–Trinajstić information content (AvgIpc) is 3.09. The molecule has 0 atom stereocenters. The summed E-state index contributed by atoms with van der Waals surface area (Å²) < 4.78 is 2.01. The Balaban J connectivity index is 1.43. The number of nitrogens with zero attached hydrogens (tertiary/aromatic N) is 3. The van der Waals surface area contributed by atoms with Crippen LogP contribution >= 0.6 is 0 Å². The van der Waals surface area contributed by atoms with Gasteiger partial charge in [0.05, 0.1) is 0 Å². The van der Waals surface area contributed by atoms with E-state index in [-0.39, 0.29) is 5.91 Å². The van der Waals surface area contributed by atoms with Crippen LogP contribution < -0.4 is 5.32 Å². The third kappa shape index (κ3) is 5.18. The van der Waals surface area contributed by atoms with Gasteiger partial charge in [-0.1, -0.05) is 30.3 Å². The maximum Gasteiger partial charge on any atom is 0.267 e. The number of benzene rings is 1. The van der Waals surface area contributed by atoms with Crippen LogP contribution in [0, 0.1) is 0 Å². The van der Waals surface area contributed by atoms with Gasteiger partial charge in [0.25, 0.3) is 5.91 Å². The van der Waals surface area contributed by atoms with Gasteiger partial charge in [-0.15, -0.1) is 0 Å². The van der Waals surface area contributed by atoms with E-state index in [1.807, 2.05) is 41.1 Å². The molecule has 1 saturated heterocycles. The van der Waals surface area contributed by atoms with Crippen LogP contribution in [-0.4, -0.2) is 66.6 Å². The lowest BCUT2D eigenvalue weighted by atomic mass is 10.2. The van der Waals surface area contributed by atoms with Gasteiger partial charge in [0.2, 0.25) is 0 Å². The van der Waals surface area contributed by atoms with Crippen molar-refractivity contribution in [2.45, 2.75) is 13.0 Å². The quantitative estimate of drug-likeness (QED) is 0.783. The molecule has 5 nitrogen and oxygen atoms in total. The van der Waals surface area contributed by atoms with Gasteiger partial charge in [0.1, 0.15) is 5.69 Å². The molecule has 2 aromatic rings. The van der Waals surface area contributed by atoms with E-state index in [4.69, 9.17) is 0 Å². The highest BCUT2D eigenvalue weighted by Gasteiger charge is 2.14. The van der Waals surface area contributed by atoms with E-state index in [0.717, 1.165) is 57.9 Å². The van der Waals surface area contributed by atoms with Crippen molar-refractivity contribution in [3.63, 3.8) is 0 Å². The van der Waals surface area contributed by atoms with E-state index < -0.39 is 0 Å². The van der Waals surface area contributed by atoms with Gasteiger partial charge in [-0.3, -0.25) is 4.79 Å². The van der Waals surface area contributed by atoms with Crippen LogP contribution in [0.15, 0.2) is 48.7 Å². The molecule has 134 valence electrons. The number of hydrogen-bond donors (Lipinski definition) is 1. The summed E-state index contributed by atoms with van der Waals surface area (Å²) in [7, 11) is 2.17. The normalized spacial score (nSPS) is 16.0. The second kappa shape index (κ2) is 8.83. The molecule has 1 fully saturated rings. The Bertz CT molecular complexity index is 659. The number of rotatable bonds is 7. The first kappa shape index (κ1) is 17.7. The van der Waals surface area contributed by atoms with Crippen molar-refractivity contribution < 1.29 is 4.79 Å². The number of amides is 1. The van der Waals surface area contributed by atoms with E-state index in [0.29, 0.717) is 0 Å². The molecule has 0 radical (unpaired) electrons. The van der Waals surface area contributed by atoms with Crippen LogP contribution in [0.25, 0.3) is 0 Å². The molecule has 3 rings (SSSR count). The summed E-state index contributed by atoms with van der Waals surface area (Å²) in [5.74, 6) is 0.0132. The second-order valence-corrected chi connectivity index (χ2v) is 6.76. The Labute approximate surface area is 150 Å². The highest BCUT2D eigenvalue weighted by Crippen LogP contribution is 2.08. The summed E-state index contributed by atoms with van der Waals surface area (Å²) in [6.07, 6.45) is 2.96. The predicted molar refractivity (Wildman–Crippen MR) is 101 cm³/mol. The van der Waals surface area contributed by atoms with Crippen LogP contribution in [0.1, 0.15) is 22.5 Å². The third-order valence-electron chi connectivity index (χ3n) is 4.79. The Hall–Kier alpha value is -2.11. The predicted octanol–water partition coefficient (Wildman–Crippen LogP) is 1.90. The molecule has 1 N–H and O–H groups in total. The highest BCUT2D eigenvalue weighted by atomic mass is 16.1. The molecule has 1 aliphatic rings. The summed E-state index contributed by atoms with van der Waals surface area (Å²) in [5.41, 5.74) is 1.92. The van der Waals surface area contributed by atoms with E-state index in [1.54, 1.807) is 0 Å². The van der Waals surface area contributed by atoms with Crippen molar-refractivity contribution in [3.05, 3.63) is 59.9 Å². The van der Waals surface area contributed by atoms with Crippen LogP contribution in [0.3, 0.4) is 0 Å². The molecule has 1 aromatic carbocycles. The largest absolute Gasteiger partial charge is 0.351 e. The molecule has 5 heteroatoms. The molecular weight excluding hydrogens is 312 g/mol. The molecular formula is C20H28N4O. The third-order valence-corrected chi connectivity index (χ3v) is 4.79. The minimum absolute atomic E-state index is 0.0132. The SMILES string of the molecule is CN1CCN(CCCNC(=O)c2cccn2Cc2ccccc2)CC1. The number of likely N-dealkylation sites (N-methyl/N-ethyl adjacent to an activating group) is 1. The molecule has 0 bridgehead atoms. The fraction of sp³-hybridized carbons (Fsp3) is 0.450. The van der Waals surface area contributed by atoms with Crippen LogP contribution in [0.4, 0.5) is 0 Å². The molecule has 1 aromatic heterocycles. The van der Waals surface area contributed by atoms with Gasteiger partial charge < -0.3 is 19.7 Å². The zero-order chi connectivity index (χ0) is 17.5. The van der Waals surface area contributed by atoms with Crippen molar-refractivity contribution in [2.24, 2.45) is 0 Å². The van der Waals surface area contributed by atoms with Crippen molar-refractivity contribution in [1.82, 2.24) is 19.7 Å². The number of piperazine rings is 1. The Morgan fingerprint density at radius 1 is 1.04 bits per heavy atom. The van der Waals surface area contributed by atoms with E-state index in [1.165, 1.54) is 5.56 Å². The average molecular weight is 340 g/mol. The summed E-state index contributed by atoms with van der Waals surface area (Å²) in [4.78, 5) is 17.3. The highest BCUT2D eigenvalue weighted by molar-refractivity contribution is 5.92. The Kier molecular flexibility index (Phi) is 6.25. The molecule has 0 spiro atoms. The summed E-state index contributed by atoms with van der Waals surface area (Å²) in [6.45, 7) is 7.03. The van der Waals surface area contributed by atoms with E-state index in [9.17, 15) is 4.79 Å². The lowest BCUT2D eigenvalue weighted by molar-refractivity contribution is 0.0940. The van der Waals surface area contributed by atoms with Crippen molar-refractivity contribution in [2.75, 3.05) is 46.3 Å². The Morgan fingerprint density at radius 3 is 2.56 bits per heavy atom. The number of carbonyl (C=O) groups is 1. The monoisotopic (exact) mass is 340 g/mol. The first-order valence-electron chi connectivity index (χ1n) is 9.10. The molecule has 0 aliphatic carbocycles. The molecule has 1 amide bonds. The van der Waals surface area contributed by atoms with Gasteiger partial charge in [-0.2, -0.15) is 0 Å². The summed E-state index contributed by atoms with van der Waals surface area (Å²) in [5, 5.41) is 3.06. The van der Waals surface area contributed by atoms with E-state index >= 15 is 0 Å². The fourth-order valence-electron chi connectivity index (χ4n) is 3.20. The first-order chi connectivity index (χ1) is 12.2. The minimum Gasteiger partial charge on any atom is -0.351 e. The number of aromatic nitrogens is 1. The lowest BCUT2D eigenvalue weighted by Crippen LogP contribution is -2.45. The fourth-order valence-corrected chi connectivity index (χ4v) is 3.20. The minimum atomic E-state index is 0.0132. The van der Waals surface area contributed by atoms with Gasteiger partial charge >= 0.3 is 0 Å². The standard InChI is InChI=1S/C20H28N4O/c1-22-13-15-23(16-14-22)11-6-10-21-20(25)19-9-5-12-24(19)17-18-7-3-2-4-8-18/h2-5,7-9,12H,6,10-11,13-17H2,1H3,(H,21,25). The van der Waals surface area contributed by atoms with Crippen LogP contribution in [0.5, 0.6) is 0 Å². The van der Waals surface area contributed by atoms with Gasteiger partial charge in [0, 0.05) is 45.5 Å². The Morgan fingerprint density at radius 2 is 1.80 bits per heavy atom. The number of hydrogen-bond acceptors (Lipinski definition) is 3. The molecule has 2 heterocycles. The second-order valence-electron chi connectivity index (χ2n) is 6.76. The molecule has 1 aliphatic heterocycles. The van der Waals surface area contributed by atoms with E-state index in [2.05, 4.69) is 34.3 Å². The zero-order valence-electron chi connectivity index (χ0n) is 15.0. The maximum atomic E-state index is 12.5. The summed E-state index contributed by atoms with van der Waals surface area (Å²) in [6, 6.07) is 14.0. The number of carbonyl (C=O) groups excluding carboxylic acids is 1. The van der Waals surface area contributed by atoms with Crippen molar-refractivity contribution in [3.8, 4) is 0 Å². The lowest BCUT2D eigenvalue weighted by Gasteiger charge is -2.32. The smallest absolute Gasteiger partial charge is 0.267 e.